The van der Waals surface area contributed by atoms with Crippen LogP contribution in [-0.4, -0.2) is 176 Å². The monoisotopic (exact) mass is 941 g/mol. The fourth-order valence-electron chi connectivity index (χ4n) is 14.8. The van der Waals surface area contributed by atoms with Gasteiger partial charge in [-0.25, -0.2) is 4.79 Å². The van der Waals surface area contributed by atoms with Crippen molar-refractivity contribution in [2.45, 2.75) is 205 Å². The second kappa shape index (κ2) is 17.5. The molecule has 8 aliphatic rings. The maximum atomic E-state index is 15.0. The van der Waals surface area contributed by atoms with Gasteiger partial charge in [-0.3, -0.25) is 4.79 Å². The van der Waals surface area contributed by atoms with Crippen molar-refractivity contribution < 1.29 is 88.7 Å². The topological polar surface area (TPSA) is 281 Å². The summed E-state index contributed by atoms with van der Waals surface area (Å²) in [6.45, 7) is 15.9. The zero-order chi connectivity index (χ0) is 48.4. The van der Waals surface area contributed by atoms with Crippen LogP contribution in [0.4, 0.5) is 0 Å². The maximum Gasteiger partial charge on any atom is 0.337 e. The molecule has 8 rings (SSSR count). The van der Waals surface area contributed by atoms with E-state index in [2.05, 4.69) is 41.5 Å². The van der Waals surface area contributed by atoms with Crippen LogP contribution in [0.3, 0.4) is 0 Å². The van der Waals surface area contributed by atoms with Crippen molar-refractivity contribution in [2.75, 3.05) is 20.3 Å². The van der Waals surface area contributed by atoms with Gasteiger partial charge in [-0.15, -0.1) is 0 Å². The Balaban J connectivity index is 1.08. The highest BCUT2D eigenvalue weighted by atomic mass is 16.8. The van der Waals surface area contributed by atoms with Crippen LogP contribution in [0.5, 0.6) is 0 Å². The molecular weight excluding hydrogens is 865 g/mol. The van der Waals surface area contributed by atoms with Gasteiger partial charge >= 0.3 is 5.97 Å². The number of carbonyl (C=O) groups excluding carboxylic acids is 2. The van der Waals surface area contributed by atoms with E-state index in [1.165, 1.54) is 12.5 Å². The number of hydrogen-bond acceptors (Lipinski definition) is 18. The van der Waals surface area contributed by atoms with Crippen molar-refractivity contribution in [2.24, 2.45) is 50.2 Å². The second-order valence-corrected chi connectivity index (χ2v) is 23.3. The standard InChI is InChI=1S/C48H76O18/c1-21-29(53)31(55)34(58)40(62-21)65-36-30(54)25(51)19-61-41(36)66-37-33(57)32(56)35(39(59)60-9)64-42(37)63-28-11-12-45(5)26(46(28,6)20-49)10-13-48(8)38(45)24(50)16-22-23-17-43(2,3)18-27(52)44(23,4)14-15-47(22,48)7/h16,21,23,25-38,40-42,49,51-58H,10-15,17-20H2,1-9H3/t21-,23-,25+,26+,27+,28-,29-,30-,31+,32-,33-,34+,35-,36+,37+,38+,40-,41-,42+,44+,45-,46+,47+,48+/m0/s1. The molecule has 24 atom stereocenters. The molecule has 18 heteroatoms. The van der Waals surface area contributed by atoms with E-state index in [9.17, 15) is 50.8 Å². The van der Waals surface area contributed by atoms with Crippen molar-refractivity contribution in [3.05, 3.63) is 11.6 Å². The molecule has 3 heterocycles. The largest absolute Gasteiger partial charge is 0.467 e. The Morgan fingerprint density at radius 1 is 0.727 bits per heavy atom. The molecule has 0 unspecified atom stereocenters. The lowest BCUT2D eigenvalue weighted by Crippen LogP contribution is -2.69. The fraction of sp³-hybridized carbons (Fsp3) is 0.917. The predicted octanol–water partition coefficient (Wildman–Crippen LogP) is 0.611. The number of aliphatic hydroxyl groups excluding tert-OH is 9. The zero-order valence-electron chi connectivity index (χ0n) is 39.8. The van der Waals surface area contributed by atoms with Gasteiger partial charge < -0.3 is 79.1 Å². The molecule has 0 bridgehead atoms. The minimum atomic E-state index is -1.92. The number of ketones is 1. The van der Waals surface area contributed by atoms with Gasteiger partial charge in [0.1, 0.15) is 54.9 Å². The van der Waals surface area contributed by atoms with Crippen molar-refractivity contribution in [1.82, 2.24) is 0 Å². The van der Waals surface area contributed by atoms with Crippen LogP contribution in [0.1, 0.15) is 107 Å². The normalized spacial score (nSPS) is 54.8. The van der Waals surface area contributed by atoms with E-state index in [1.54, 1.807) is 0 Å². The molecule has 0 aromatic carbocycles. The van der Waals surface area contributed by atoms with E-state index in [1.807, 2.05) is 13.0 Å². The third kappa shape index (κ3) is 7.70. The van der Waals surface area contributed by atoms with Gasteiger partial charge in [0.25, 0.3) is 0 Å². The van der Waals surface area contributed by atoms with Gasteiger partial charge in [-0.1, -0.05) is 54.0 Å². The molecule has 0 aromatic heterocycles. The van der Waals surface area contributed by atoms with Crippen molar-refractivity contribution in [3.63, 3.8) is 0 Å². The van der Waals surface area contributed by atoms with Gasteiger partial charge in [0.15, 0.2) is 30.8 Å². The summed E-state index contributed by atoms with van der Waals surface area (Å²) in [6.07, 6.45) is -17.1. The Hall–Kier alpha value is -1.72. The molecule has 0 spiro atoms. The average Bonchev–Trinajstić information content (AvgIpc) is 3.25. The number of ether oxygens (including phenoxy) is 7. The Morgan fingerprint density at radius 2 is 1.39 bits per heavy atom. The Kier molecular flexibility index (Phi) is 13.5. The summed E-state index contributed by atoms with van der Waals surface area (Å²) in [6, 6.07) is 0. The number of allylic oxidation sites excluding steroid dienone is 2. The Bertz CT molecular complexity index is 1860. The Labute approximate surface area is 386 Å². The summed E-state index contributed by atoms with van der Waals surface area (Å²) in [5.41, 5.74) is -1.61. The van der Waals surface area contributed by atoms with E-state index < -0.39 is 127 Å². The summed E-state index contributed by atoms with van der Waals surface area (Å²) in [5, 5.41) is 99.3. The fourth-order valence-corrected chi connectivity index (χ4v) is 14.8. The Morgan fingerprint density at radius 3 is 2.06 bits per heavy atom. The smallest absolute Gasteiger partial charge is 0.337 e. The molecule has 66 heavy (non-hydrogen) atoms. The van der Waals surface area contributed by atoms with Crippen molar-refractivity contribution >= 4 is 11.8 Å². The highest BCUT2D eigenvalue weighted by molar-refractivity contribution is 5.95. The van der Waals surface area contributed by atoms with Gasteiger partial charge in [0.2, 0.25) is 0 Å². The number of methoxy groups -OCH3 is 1. The summed E-state index contributed by atoms with van der Waals surface area (Å²) in [5.74, 6) is -1.53. The summed E-state index contributed by atoms with van der Waals surface area (Å²) in [7, 11) is 1.09. The number of hydrogen-bond donors (Lipinski definition) is 9. The van der Waals surface area contributed by atoms with Crippen molar-refractivity contribution in [1.29, 1.82) is 0 Å². The van der Waals surface area contributed by atoms with E-state index in [4.69, 9.17) is 33.2 Å². The van der Waals surface area contributed by atoms with Crippen molar-refractivity contribution in [3.8, 4) is 0 Å². The lowest BCUT2D eigenvalue weighted by molar-refractivity contribution is -0.387. The minimum Gasteiger partial charge on any atom is -0.467 e. The first-order valence-electron chi connectivity index (χ1n) is 24.0. The van der Waals surface area contributed by atoms with Crippen LogP contribution >= 0.6 is 0 Å². The minimum absolute atomic E-state index is 0.0643. The molecule has 3 aliphatic heterocycles. The highest BCUT2D eigenvalue weighted by Gasteiger charge is 2.71. The van der Waals surface area contributed by atoms with E-state index in [-0.39, 0.29) is 46.4 Å². The summed E-state index contributed by atoms with van der Waals surface area (Å²) >= 11 is 0. The molecule has 0 aromatic rings. The predicted molar refractivity (Wildman–Crippen MR) is 229 cm³/mol. The van der Waals surface area contributed by atoms with E-state index in [0.29, 0.717) is 25.7 Å². The van der Waals surface area contributed by atoms with Gasteiger partial charge in [0.05, 0.1) is 38.6 Å². The van der Waals surface area contributed by atoms with Gasteiger partial charge in [0, 0.05) is 16.7 Å². The third-order valence-electron chi connectivity index (χ3n) is 19.0. The molecule has 7 fully saturated rings. The lowest BCUT2D eigenvalue weighted by atomic mass is 9.33. The maximum absolute atomic E-state index is 15.0. The van der Waals surface area contributed by atoms with E-state index >= 15 is 4.79 Å². The van der Waals surface area contributed by atoms with Crippen LogP contribution in [0.15, 0.2) is 11.6 Å². The van der Waals surface area contributed by atoms with Crippen LogP contribution in [-0.2, 0) is 42.7 Å². The first-order chi connectivity index (χ1) is 30.7. The molecule has 376 valence electrons. The first kappa shape index (κ1) is 50.7. The number of rotatable bonds is 8. The molecule has 0 amide bonds. The van der Waals surface area contributed by atoms with Gasteiger partial charge in [-0.05, 0) is 97.9 Å². The second-order valence-electron chi connectivity index (χ2n) is 23.3. The third-order valence-corrected chi connectivity index (χ3v) is 19.0. The van der Waals surface area contributed by atoms with Crippen LogP contribution in [0, 0.1) is 50.2 Å². The van der Waals surface area contributed by atoms with Crippen LogP contribution < -0.4 is 0 Å². The number of fused-ring (bicyclic) bond motifs is 7. The highest BCUT2D eigenvalue weighted by Crippen LogP contribution is 2.75. The number of aliphatic hydroxyl groups is 9. The van der Waals surface area contributed by atoms with Crippen LogP contribution in [0.25, 0.3) is 0 Å². The molecule has 3 saturated heterocycles. The molecule has 5 aliphatic carbocycles. The molecule has 9 N–H and O–H groups in total. The average molecular weight is 941 g/mol. The summed E-state index contributed by atoms with van der Waals surface area (Å²) < 4.78 is 41.3. The molecule has 4 saturated carbocycles. The molecule has 18 nitrogen and oxygen atoms in total. The van der Waals surface area contributed by atoms with Gasteiger partial charge in [-0.2, -0.15) is 0 Å². The molecule has 0 radical (unpaired) electrons. The SMILES string of the molecule is COC(=O)[C@H]1O[C@@H](O[C@H]2CC[C@@]3(C)[C@@H](CC[C@]4(C)[C@@H]3C(=O)C=C3[C@@H]5CC(C)(C)C[C@@H](O)[C@]5(C)CC[C@]34C)[C@@]2(C)CO)[C@H](O[C@@H]2OC[C@@H](O)[C@H](O)[C@H]2O[C@@H]2O[C@@H](C)[C@H](O)[C@@H](O)[C@H]2O)[C@@H](O)[C@@H]1O. The zero-order valence-corrected chi connectivity index (χ0v) is 39.8. The lowest BCUT2D eigenvalue weighted by Gasteiger charge is -2.71. The molecular formula is C48H76O18. The van der Waals surface area contributed by atoms with Crippen LogP contribution in [0.2, 0.25) is 0 Å². The summed E-state index contributed by atoms with van der Waals surface area (Å²) in [4.78, 5) is 28.0. The first-order valence-corrected chi connectivity index (χ1v) is 24.0. The number of esters is 1. The number of carbonyl (C=O) groups is 2. The van der Waals surface area contributed by atoms with E-state index in [0.717, 1.165) is 32.8 Å². The quantitative estimate of drug-likeness (QED) is 0.119.